The molecule has 13 heavy (non-hydrogen) atoms. The summed E-state index contributed by atoms with van der Waals surface area (Å²) in [7, 11) is 0. The van der Waals surface area contributed by atoms with Crippen LogP contribution in [0.2, 0.25) is 0 Å². The molecular weight excluding hydrogens is 496 g/mol. The van der Waals surface area contributed by atoms with Crippen LogP contribution in [0.25, 0.3) is 0 Å². The molecule has 5 radical (unpaired) electrons. The Morgan fingerprint density at radius 3 is 1.00 bits per heavy atom. The van der Waals surface area contributed by atoms with Crippen LogP contribution < -0.4 is 6.15 Å². The summed E-state index contributed by atoms with van der Waals surface area (Å²) in [6, 6.07) is 0. The molecule has 2 nitrogen and oxygen atoms in total. The molecule has 0 aromatic rings. The molecule has 0 fully saturated rings. The second kappa shape index (κ2) is 208. The molecular formula is CH21AlBCrCuMnMoNNiOPSSi. The summed E-state index contributed by atoms with van der Waals surface area (Å²) in [6.45, 7) is 0. The Morgan fingerprint density at radius 1 is 1.00 bits per heavy atom. The third kappa shape index (κ3) is 182. The number of hydrogen-bond donors (Lipinski definition) is 1. The molecule has 0 bridgehead atoms. The van der Waals surface area contributed by atoms with Crippen LogP contribution in [0.15, 0.2) is 0 Å². The third-order valence-corrected chi connectivity index (χ3v) is 0. The van der Waals surface area contributed by atoms with Crippen molar-refractivity contribution in [1.29, 1.82) is 0 Å². The van der Waals surface area contributed by atoms with Crippen molar-refractivity contribution in [2.75, 3.05) is 0 Å². The van der Waals surface area contributed by atoms with Gasteiger partial charge in [0.1, 0.15) is 0 Å². The van der Waals surface area contributed by atoms with Gasteiger partial charge >= 0.3 is 0 Å². The van der Waals surface area contributed by atoms with Crippen LogP contribution in [-0.2, 0) is 89.1 Å². The van der Waals surface area contributed by atoms with Gasteiger partial charge in [0.15, 0.2) is 17.4 Å². The van der Waals surface area contributed by atoms with E-state index < -0.39 is 0 Å². The van der Waals surface area contributed by atoms with Gasteiger partial charge in [-0.2, -0.15) is 23.4 Å². The maximum Gasteiger partial charge on any atom is 0.187 e. The Labute approximate surface area is 166 Å². The standard InChI is InChI=1S/CH4.Al.B.Cr.Cu.Mn.Mo.H3N.Ni.H2O.H3P.H2S.H4Si.3H/h1H4;;;;;;;1H3;;1H2;1H3;1H2;1H4;;;. The molecule has 0 aromatic heterocycles. The molecule has 5 N–H and O–H groups in total. The first kappa shape index (κ1) is 251. The van der Waals surface area contributed by atoms with E-state index in [4.69, 9.17) is 0 Å². The normalized spacial score (nSPS) is 0. The minimum absolute atomic E-state index is 0. The molecule has 1 atom stereocenters. The van der Waals surface area contributed by atoms with E-state index in [1.165, 1.54) is 0 Å². The van der Waals surface area contributed by atoms with Gasteiger partial charge in [0, 0.05) is 97.5 Å². The van der Waals surface area contributed by atoms with Crippen LogP contribution in [-0.4, -0.2) is 42.2 Å². The summed E-state index contributed by atoms with van der Waals surface area (Å²) < 4.78 is 0. The molecule has 97 valence electrons. The summed E-state index contributed by atoms with van der Waals surface area (Å²) in [5, 5.41) is 0. The van der Waals surface area contributed by atoms with E-state index >= 15 is 0 Å². The van der Waals surface area contributed by atoms with Crippen molar-refractivity contribution in [3.05, 3.63) is 0 Å². The molecule has 0 rings (SSSR count). The largest absolute Gasteiger partial charge is 0.412 e. The van der Waals surface area contributed by atoms with Crippen LogP contribution in [0.5, 0.6) is 0 Å². The molecule has 0 saturated heterocycles. The Morgan fingerprint density at radius 2 is 1.00 bits per heavy atom. The average Bonchev–Trinajstić information content (AvgIpc) is 0. The number of hydrogen-bond acceptors (Lipinski definition) is 1. The second-order valence-corrected chi connectivity index (χ2v) is 0. The predicted octanol–water partition coefficient (Wildman–Crippen LogP) is -2.88. The van der Waals surface area contributed by atoms with Gasteiger partial charge in [-0.15, -0.1) is 0 Å². The molecule has 0 heterocycles. The molecule has 0 saturated carbocycles. The zero-order valence-electron chi connectivity index (χ0n) is 4.80. The van der Waals surface area contributed by atoms with Gasteiger partial charge in [0.25, 0.3) is 0 Å². The maximum absolute atomic E-state index is 0. The van der Waals surface area contributed by atoms with Crippen molar-refractivity contribution >= 4 is 60.1 Å². The smallest absolute Gasteiger partial charge is 0.187 e. The number of rotatable bonds is 0. The topological polar surface area (TPSA) is 66.5 Å². The zero-order chi connectivity index (χ0) is 0. The van der Waals surface area contributed by atoms with Crippen molar-refractivity contribution in [2.24, 2.45) is 0 Å². The van der Waals surface area contributed by atoms with E-state index in [0.29, 0.717) is 0 Å². The van der Waals surface area contributed by atoms with E-state index in [9.17, 15) is 0 Å². The second-order valence-electron chi connectivity index (χ2n) is 0. The van der Waals surface area contributed by atoms with E-state index in [-0.39, 0.29) is 168 Å². The van der Waals surface area contributed by atoms with E-state index in [0.717, 1.165) is 0 Å². The summed E-state index contributed by atoms with van der Waals surface area (Å²) in [5.74, 6) is 0. The van der Waals surface area contributed by atoms with Gasteiger partial charge in [-0.1, -0.05) is 7.43 Å². The fourth-order valence-electron chi connectivity index (χ4n) is 0. The summed E-state index contributed by atoms with van der Waals surface area (Å²) in [4.78, 5) is 0. The van der Waals surface area contributed by atoms with Crippen molar-refractivity contribution in [3.63, 3.8) is 0 Å². The Hall–Kier alpha value is 4.27. The summed E-state index contributed by atoms with van der Waals surface area (Å²) in [5.41, 5.74) is 0. The van der Waals surface area contributed by atoms with Crippen LogP contribution in [0.4, 0.5) is 0 Å². The molecule has 0 aliphatic carbocycles. The predicted molar refractivity (Wildman–Crippen MR) is 63.9 cm³/mol. The first-order valence-corrected chi connectivity index (χ1v) is 0. The fourth-order valence-corrected chi connectivity index (χ4v) is 0. The molecule has 1 unspecified atom stereocenters. The van der Waals surface area contributed by atoms with Crippen LogP contribution in [0.3, 0.4) is 0 Å². The van der Waals surface area contributed by atoms with Crippen LogP contribution in [0, 0.1) is 0 Å². The molecule has 0 aromatic carbocycles. The quantitative estimate of drug-likeness (QED) is 0.273. The van der Waals surface area contributed by atoms with Gasteiger partial charge in [0.2, 0.25) is 0 Å². The SMILES string of the molecule is C.N.O.P.S.[AlH3].[B].[Cr].[Cu].[Mn].[Mo].[Ni].[SiH4]. The summed E-state index contributed by atoms with van der Waals surface area (Å²) >= 11 is 0. The first-order valence-electron chi connectivity index (χ1n) is 0. The van der Waals surface area contributed by atoms with Crippen LogP contribution >= 0.6 is 23.4 Å². The van der Waals surface area contributed by atoms with Gasteiger partial charge in [-0.05, 0) is 11.0 Å². The Bertz CT molecular complexity index is 48.1. The Balaban J connectivity index is 0. The van der Waals surface area contributed by atoms with Gasteiger partial charge in [0.05, 0.1) is 0 Å². The van der Waals surface area contributed by atoms with Crippen molar-refractivity contribution in [2.45, 2.75) is 7.43 Å². The van der Waals surface area contributed by atoms with Crippen molar-refractivity contribution in [1.82, 2.24) is 6.15 Å². The monoisotopic (exact) mass is 518 g/mol. The molecule has 0 aliphatic heterocycles. The maximum atomic E-state index is 0. The Kier molecular flexibility index (Phi) is 4020. The summed E-state index contributed by atoms with van der Waals surface area (Å²) in [6.07, 6.45) is 0. The van der Waals surface area contributed by atoms with Crippen molar-refractivity contribution in [3.8, 4) is 0 Å². The molecule has 12 heteroatoms. The fraction of sp³-hybridized carbons (Fsp3) is 1.00. The van der Waals surface area contributed by atoms with Gasteiger partial charge in [-0.25, -0.2) is 0 Å². The minimum Gasteiger partial charge on any atom is -0.412 e. The van der Waals surface area contributed by atoms with Crippen LogP contribution in [0.1, 0.15) is 7.43 Å². The zero-order valence-corrected chi connectivity index (χ0v) is 13.6. The van der Waals surface area contributed by atoms with Gasteiger partial charge < -0.3 is 11.6 Å². The van der Waals surface area contributed by atoms with Gasteiger partial charge in [-0.3, -0.25) is 0 Å². The van der Waals surface area contributed by atoms with Crippen molar-refractivity contribution < 1.29 is 94.5 Å². The average molecular weight is 517 g/mol. The first-order chi connectivity index (χ1) is 0. The molecule has 0 aliphatic rings. The van der Waals surface area contributed by atoms with E-state index in [1.54, 1.807) is 0 Å². The third-order valence-electron chi connectivity index (χ3n) is 0. The van der Waals surface area contributed by atoms with E-state index in [1.807, 2.05) is 0 Å². The molecule has 0 amide bonds. The van der Waals surface area contributed by atoms with E-state index in [2.05, 4.69) is 0 Å². The molecule has 0 spiro atoms. The minimum atomic E-state index is 0.